The molecule has 5 nitrogen and oxygen atoms in total. The van der Waals surface area contributed by atoms with Gasteiger partial charge in [0.05, 0.1) is 5.56 Å². The van der Waals surface area contributed by atoms with Crippen molar-refractivity contribution in [2.75, 3.05) is 5.32 Å². The molecule has 1 aliphatic carbocycles. The van der Waals surface area contributed by atoms with Gasteiger partial charge in [0.2, 0.25) is 0 Å². The van der Waals surface area contributed by atoms with E-state index in [9.17, 15) is 9.59 Å². The van der Waals surface area contributed by atoms with Crippen molar-refractivity contribution in [3.8, 4) is 0 Å². The molecule has 3 aromatic rings. The maximum atomic E-state index is 13.4. The average molecular weight is 522 g/mol. The Morgan fingerprint density at radius 3 is 2.52 bits per heavy atom. The van der Waals surface area contributed by atoms with E-state index in [0.29, 0.717) is 34.3 Å². The van der Waals surface area contributed by atoms with E-state index in [1.165, 1.54) is 11.8 Å². The highest BCUT2D eigenvalue weighted by atomic mass is 79.9. The summed E-state index contributed by atoms with van der Waals surface area (Å²) < 4.78 is 0.949. The van der Waals surface area contributed by atoms with Gasteiger partial charge in [-0.15, -0.1) is 0 Å². The summed E-state index contributed by atoms with van der Waals surface area (Å²) in [6.45, 7) is 4.21. The Morgan fingerprint density at radius 1 is 1.06 bits per heavy atom. The molecule has 0 bridgehead atoms. The van der Waals surface area contributed by atoms with Crippen LogP contribution in [0.1, 0.15) is 49.3 Å². The molecule has 0 spiro atoms. The number of allylic oxidation sites excluding steroid dienone is 2. The van der Waals surface area contributed by atoms with E-state index in [1.54, 1.807) is 0 Å². The molecule has 0 radical (unpaired) electrons. The lowest BCUT2D eigenvalue weighted by atomic mass is 9.69. The fourth-order valence-corrected chi connectivity index (χ4v) is 5.76. The molecule has 0 unspecified atom stereocenters. The predicted molar refractivity (Wildman–Crippen MR) is 136 cm³/mol. The van der Waals surface area contributed by atoms with Gasteiger partial charge in [0.15, 0.2) is 10.9 Å². The second-order valence-corrected chi connectivity index (χ2v) is 11.2. The highest BCUT2D eigenvalue weighted by Crippen LogP contribution is 2.47. The van der Waals surface area contributed by atoms with Crippen molar-refractivity contribution in [1.82, 2.24) is 9.97 Å². The smallest absolute Gasteiger partial charge is 0.257 e. The first kappa shape index (κ1) is 22.2. The monoisotopic (exact) mass is 521 g/mol. The average Bonchev–Trinajstić information content (AvgIpc) is 2.77. The first-order chi connectivity index (χ1) is 15.8. The Kier molecular flexibility index (Phi) is 5.79. The molecule has 2 N–H and O–H groups in total. The van der Waals surface area contributed by atoms with Crippen molar-refractivity contribution in [2.24, 2.45) is 5.41 Å². The highest BCUT2D eigenvalue weighted by Gasteiger charge is 2.42. The summed E-state index contributed by atoms with van der Waals surface area (Å²) in [5.74, 6) is 0.913. The van der Waals surface area contributed by atoms with E-state index in [0.717, 1.165) is 27.7 Å². The molecule has 0 fully saturated rings. The molecule has 0 saturated heterocycles. The van der Waals surface area contributed by atoms with Crippen molar-refractivity contribution in [1.29, 1.82) is 0 Å². The molecule has 5 rings (SSSR count). The minimum atomic E-state index is -0.433. The number of hydrogen-bond acceptors (Lipinski definition) is 5. The molecule has 2 aliphatic rings. The minimum absolute atomic E-state index is 0.0919. The van der Waals surface area contributed by atoms with Gasteiger partial charge >= 0.3 is 0 Å². The Hall–Kier alpha value is -2.64. The Balaban J connectivity index is 1.59. The highest BCUT2D eigenvalue weighted by molar-refractivity contribution is 9.10. The number of hydrogen-bond donors (Lipinski definition) is 2. The second-order valence-electron chi connectivity index (χ2n) is 9.35. The molecule has 7 heteroatoms. The van der Waals surface area contributed by atoms with Crippen molar-refractivity contribution in [3.05, 3.63) is 97.4 Å². The molecule has 33 heavy (non-hydrogen) atoms. The standard InChI is InChI=1S/C26H24BrN3O2S/c1-26(2)12-18-21(19(31)13-26)20(16-8-10-17(27)11-9-16)22-23(28-18)29-25(30-24(22)32)33-14-15-6-4-3-5-7-15/h3-11,20H,12-14H2,1-2H3,(H2,28,29,30,32)/t20-/m1/s1. The number of aromatic amines is 1. The third kappa shape index (κ3) is 4.44. The Morgan fingerprint density at radius 2 is 1.79 bits per heavy atom. The summed E-state index contributed by atoms with van der Waals surface area (Å²) in [5.41, 5.74) is 3.81. The first-order valence-electron chi connectivity index (χ1n) is 10.9. The predicted octanol–water partition coefficient (Wildman–Crippen LogP) is 6.03. The van der Waals surface area contributed by atoms with E-state index < -0.39 is 5.92 Å². The van der Waals surface area contributed by atoms with Gasteiger partial charge in [0.1, 0.15) is 5.82 Å². The number of fused-ring (bicyclic) bond motifs is 1. The van der Waals surface area contributed by atoms with Gasteiger partial charge in [0.25, 0.3) is 5.56 Å². The zero-order valence-corrected chi connectivity index (χ0v) is 20.8. The topological polar surface area (TPSA) is 74.8 Å². The van der Waals surface area contributed by atoms with Gasteiger partial charge in [-0.1, -0.05) is 84.0 Å². The van der Waals surface area contributed by atoms with Crippen molar-refractivity contribution >= 4 is 39.3 Å². The summed E-state index contributed by atoms with van der Waals surface area (Å²) >= 11 is 4.98. The van der Waals surface area contributed by atoms with Crippen molar-refractivity contribution in [2.45, 2.75) is 43.5 Å². The summed E-state index contributed by atoms with van der Waals surface area (Å²) in [6.07, 6.45) is 1.20. The number of benzene rings is 2. The van der Waals surface area contributed by atoms with Crippen LogP contribution in [0.5, 0.6) is 0 Å². The number of anilines is 1. The molecule has 1 aliphatic heterocycles. The number of thioether (sulfide) groups is 1. The van der Waals surface area contributed by atoms with E-state index in [4.69, 9.17) is 4.98 Å². The lowest BCUT2D eigenvalue weighted by molar-refractivity contribution is -0.118. The van der Waals surface area contributed by atoms with E-state index in [-0.39, 0.29) is 16.8 Å². The van der Waals surface area contributed by atoms with E-state index in [1.807, 2.05) is 42.5 Å². The van der Waals surface area contributed by atoms with Crippen LogP contribution in [0, 0.1) is 5.41 Å². The largest absolute Gasteiger partial charge is 0.343 e. The van der Waals surface area contributed by atoms with Gasteiger partial charge < -0.3 is 10.3 Å². The van der Waals surface area contributed by atoms with Crippen molar-refractivity contribution < 1.29 is 4.79 Å². The maximum absolute atomic E-state index is 13.4. The second kappa shape index (κ2) is 8.61. The van der Waals surface area contributed by atoms with Crippen LogP contribution in [0.25, 0.3) is 0 Å². The van der Waals surface area contributed by atoms with E-state index >= 15 is 0 Å². The van der Waals surface area contributed by atoms with E-state index in [2.05, 4.69) is 52.2 Å². The van der Waals surface area contributed by atoms with Crippen LogP contribution in [-0.2, 0) is 10.5 Å². The zero-order chi connectivity index (χ0) is 23.2. The number of carbonyl (C=O) groups excluding carboxylic acids is 1. The SMILES string of the molecule is CC1(C)CC(=O)C2=C(C1)Nc1nc(SCc3ccccc3)[nH]c(=O)c1[C@@H]2c1ccc(Br)cc1. The number of halogens is 1. The maximum Gasteiger partial charge on any atom is 0.257 e. The number of nitrogens with zero attached hydrogens (tertiary/aromatic N) is 1. The van der Waals surface area contributed by atoms with Crippen LogP contribution >= 0.6 is 27.7 Å². The summed E-state index contributed by atoms with van der Waals surface area (Å²) in [7, 11) is 0. The molecule has 0 saturated carbocycles. The number of aromatic nitrogens is 2. The van der Waals surface area contributed by atoms with Crippen molar-refractivity contribution in [3.63, 3.8) is 0 Å². The molecule has 0 amide bonds. The van der Waals surface area contributed by atoms with Crippen LogP contribution in [-0.4, -0.2) is 15.8 Å². The summed E-state index contributed by atoms with van der Waals surface area (Å²) in [5, 5.41) is 3.95. The Bertz CT molecular complexity index is 1310. The number of Topliss-reactive ketones (excluding diaryl/α,β-unsaturated/α-hetero) is 1. The Labute approximate surface area is 205 Å². The molecular formula is C26H24BrN3O2S. The first-order valence-corrected chi connectivity index (χ1v) is 12.7. The lowest BCUT2D eigenvalue weighted by Crippen LogP contribution is -2.37. The van der Waals surface area contributed by atoms with Crippen LogP contribution in [0.3, 0.4) is 0 Å². The van der Waals surface area contributed by atoms with Crippen LogP contribution in [0.15, 0.2) is 80.3 Å². The molecule has 1 atom stereocenters. The third-order valence-electron chi connectivity index (χ3n) is 6.12. The molecule has 2 aromatic carbocycles. The number of nitrogens with one attached hydrogen (secondary N) is 2. The molecule has 2 heterocycles. The van der Waals surface area contributed by atoms with Crippen LogP contribution < -0.4 is 10.9 Å². The number of H-pyrrole nitrogens is 1. The quantitative estimate of drug-likeness (QED) is 0.324. The van der Waals surface area contributed by atoms with Crippen LogP contribution in [0.4, 0.5) is 5.82 Å². The van der Waals surface area contributed by atoms with Gasteiger partial charge in [-0.05, 0) is 35.1 Å². The van der Waals surface area contributed by atoms with Gasteiger partial charge in [-0.2, -0.15) is 0 Å². The normalized spacial score (nSPS) is 19.0. The fourth-order valence-electron chi connectivity index (χ4n) is 4.68. The number of ketones is 1. The number of carbonyl (C=O) groups is 1. The van der Waals surface area contributed by atoms with Gasteiger partial charge in [-0.25, -0.2) is 4.98 Å². The molecule has 168 valence electrons. The van der Waals surface area contributed by atoms with Gasteiger partial charge in [0, 0.05) is 33.8 Å². The molecule has 1 aromatic heterocycles. The van der Waals surface area contributed by atoms with Crippen LogP contribution in [0.2, 0.25) is 0 Å². The number of rotatable bonds is 4. The zero-order valence-electron chi connectivity index (χ0n) is 18.4. The fraction of sp³-hybridized carbons (Fsp3) is 0.269. The molecular weight excluding hydrogens is 498 g/mol. The van der Waals surface area contributed by atoms with Gasteiger partial charge in [-0.3, -0.25) is 9.59 Å². The summed E-state index contributed by atoms with van der Waals surface area (Å²) in [6, 6.07) is 17.9. The third-order valence-corrected chi connectivity index (χ3v) is 7.60. The lowest BCUT2D eigenvalue weighted by Gasteiger charge is -2.38. The summed E-state index contributed by atoms with van der Waals surface area (Å²) in [4.78, 5) is 34.4. The minimum Gasteiger partial charge on any atom is -0.343 e.